The normalized spacial score (nSPS) is 20.3. The van der Waals surface area contributed by atoms with Crippen LogP contribution < -0.4 is 5.32 Å². The van der Waals surface area contributed by atoms with E-state index in [1.807, 2.05) is 0 Å². The summed E-state index contributed by atoms with van der Waals surface area (Å²) >= 11 is 0. The highest BCUT2D eigenvalue weighted by Gasteiger charge is 2.37. The molecule has 0 spiro atoms. The van der Waals surface area contributed by atoms with E-state index >= 15 is 0 Å². The van der Waals surface area contributed by atoms with Gasteiger partial charge in [0.2, 0.25) is 12.2 Å². The fraction of sp³-hybridized carbons (Fsp3) is 0.333. The van der Waals surface area contributed by atoms with Gasteiger partial charge in [0.1, 0.15) is 11.9 Å². The smallest absolute Gasteiger partial charge is 0.286 e. The minimum atomic E-state index is -0.655. The number of carbonyl (C=O) groups is 3. The number of hydrogen-bond donors (Lipinski definition) is 1. The molecule has 22 heavy (non-hydrogen) atoms. The number of nitrogens with zero attached hydrogens (tertiary/aromatic N) is 2. The lowest BCUT2D eigenvalue weighted by atomic mass is 10.0. The number of aldehydes is 1. The molecule has 0 radical (unpaired) electrons. The first kappa shape index (κ1) is 15.6. The van der Waals surface area contributed by atoms with Gasteiger partial charge >= 0.3 is 0 Å². The zero-order chi connectivity index (χ0) is 16.3. The number of amides is 2. The van der Waals surface area contributed by atoms with Crippen LogP contribution in [-0.2, 0) is 14.4 Å². The Balaban J connectivity index is 2.09. The second kappa shape index (κ2) is 6.35. The summed E-state index contributed by atoms with van der Waals surface area (Å²) in [6.45, 7) is 2.04. The third-order valence-corrected chi connectivity index (χ3v) is 3.83. The van der Waals surface area contributed by atoms with Crippen LogP contribution in [0.4, 0.5) is 10.1 Å². The molecule has 1 saturated heterocycles. The molecule has 1 heterocycles. The van der Waals surface area contributed by atoms with E-state index in [9.17, 15) is 18.8 Å². The van der Waals surface area contributed by atoms with Gasteiger partial charge in [-0.3, -0.25) is 14.4 Å². The van der Waals surface area contributed by atoms with Crippen LogP contribution in [0.2, 0.25) is 0 Å². The van der Waals surface area contributed by atoms with E-state index < -0.39 is 23.7 Å². The van der Waals surface area contributed by atoms with E-state index in [1.165, 1.54) is 17.0 Å². The maximum absolute atomic E-state index is 13.2. The van der Waals surface area contributed by atoms with Gasteiger partial charge in [0.25, 0.3) is 5.91 Å². The standard InChI is InChI=1S/C15H14FN3O3/c1-9-12(4-5-19(9)14(21)8-20)15(22)18-11-2-3-13(16)10(6-11)7-17/h2-3,6,8-9,12H,4-5H2,1H3,(H,18,22). The number of likely N-dealkylation sites (tertiary alicyclic amines) is 1. The first-order valence-corrected chi connectivity index (χ1v) is 6.74. The molecule has 2 atom stereocenters. The molecule has 0 bridgehead atoms. The van der Waals surface area contributed by atoms with Crippen LogP contribution in [-0.4, -0.2) is 35.6 Å². The van der Waals surface area contributed by atoms with Gasteiger partial charge in [-0.05, 0) is 31.5 Å². The summed E-state index contributed by atoms with van der Waals surface area (Å²) in [6, 6.07) is 5.02. The lowest BCUT2D eigenvalue weighted by Crippen LogP contribution is -2.39. The molecule has 0 saturated carbocycles. The predicted molar refractivity (Wildman–Crippen MR) is 75.1 cm³/mol. The quantitative estimate of drug-likeness (QED) is 0.668. The van der Waals surface area contributed by atoms with Crippen LogP contribution in [0.1, 0.15) is 18.9 Å². The van der Waals surface area contributed by atoms with Crippen molar-refractivity contribution in [3.63, 3.8) is 0 Å². The summed E-state index contributed by atoms with van der Waals surface area (Å²) < 4.78 is 13.2. The molecule has 2 rings (SSSR count). The van der Waals surface area contributed by atoms with Crippen LogP contribution in [0.3, 0.4) is 0 Å². The summed E-state index contributed by atoms with van der Waals surface area (Å²) in [5.41, 5.74) is 0.158. The summed E-state index contributed by atoms with van der Waals surface area (Å²) in [5, 5.41) is 11.4. The summed E-state index contributed by atoms with van der Waals surface area (Å²) in [4.78, 5) is 35.6. The average Bonchev–Trinajstić information content (AvgIpc) is 2.90. The number of nitriles is 1. The Morgan fingerprint density at radius 1 is 1.50 bits per heavy atom. The number of carbonyl (C=O) groups excluding carboxylic acids is 3. The Morgan fingerprint density at radius 2 is 2.23 bits per heavy atom. The van der Waals surface area contributed by atoms with Crippen LogP contribution in [0, 0.1) is 23.1 Å². The molecule has 1 aliphatic heterocycles. The maximum atomic E-state index is 13.2. The van der Waals surface area contributed by atoms with Crippen LogP contribution >= 0.6 is 0 Å². The van der Waals surface area contributed by atoms with Crippen LogP contribution in [0.25, 0.3) is 0 Å². The zero-order valence-electron chi connectivity index (χ0n) is 11.9. The number of halogens is 1. The number of nitrogens with one attached hydrogen (secondary N) is 1. The topological polar surface area (TPSA) is 90.3 Å². The molecule has 2 amide bonds. The third-order valence-electron chi connectivity index (χ3n) is 3.83. The van der Waals surface area contributed by atoms with E-state index in [4.69, 9.17) is 5.26 Å². The first-order valence-electron chi connectivity index (χ1n) is 6.74. The van der Waals surface area contributed by atoms with Crippen molar-refractivity contribution in [2.24, 2.45) is 5.92 Å². The molecule has 2 unspecified atom stereocenters. The lowest BCUT2D eigenvalue weighted by Gasteiger charge is -2.22. The van der Waals surface area contributed by atoms with Gasteiger partial charge in [-0.2, -0.15) is 5.26 Å². The second-order valence-corrected chi connectivity index (χ2v) is 5.08. The van der Waals surface area contributed by atoms with Crippen molar-refractivity contribution in [1.82, 2.24) is 4.90 Å². The highest BCUT2D eigenvalue weighted by atomic mass is 19.1. The number of benzene rings is 1. The molecule has 6 nitrogen and oxygen atoms in total. The molecule has 0 aliphatic carbocycles. The molecule has 1 aromatic carbocycles. The number of anilines is 1. The van der Waals surface area contributed by atoms with E-state index in [1.54, 1.807) is 13.0 Å². The Bertz CT molecular complexity index is 668. The average molecular weight is 303 g/mol. The monoisotopic (exact) mass is 303 g/mol. The van der Waals surface area contributed by atoms with E-state index in [2.05, 4.69) is 5.32 Å². The van der Waals surface area contributed by atoms with Crippen molar-refractivity contribution < 1.29 is 18.8 Å². The van der Waals surface area contributed by atoms with E-state index in [-0.39, 0.29) is 17.8 Å². The van der Waals surface area contributed by atoms with E-state index in [0.717, 1.165) is 6.07 Å². The van der Waals surface area contributed by atoms with E-state index in [0.29, 0.717) is 18.7 Å². The first-order chi connectivity index (χ1) is 10.5. The number of hydrogen-bond acceptors (Lipinski definition) is 4. The van der Waals surface area contributed by atoms with Crippen molar-refractivity contribution >= 4 is 23.8 Å². The maximum Gasteiger partial charge on any atom is 0.286 e. The Kier molecular flexibility index (Phi) is 4.51. The lowest BCUT2D eigenvalue weighted by molar-refractivity contribution is -0.139. The minimum Gasteiger partial charge on any atom is -0.333 e. The molecule has 1 aliphatic rings. The summed E-state index contributed by atoms with van der Waals surface area (Å²) in [6.07, 6.45) is 0.675. The van der Waals surface area contributed by atoms with Gasteiger partial charge in [0.05, 0.1) is 11.5 Å². The second-order valence-electron chi connectivity index (χ2n) is 5.08. The molecule has 0 aromatic heterocycles. The molecule has 1 N–H and O–H groups in total. The van der Waals surface area contributed by atoms with Crippen LogP contribution in [0.15, 0.2) is 18.2 Å². The highest BCUT2D eigenvalue weighted by molar-refractivity contribution is 6.23. The zero-order valence-corrected chi connectivity index (χ0v) is 11.9. The Morgan fingerprint density at radius 3 is 2.86 bits per heavy atom. The largest absolute Gasteiger partial charge is 0.333 e. The van der Waals surface area contributed by atoms with Gasteiger partial charge in [-0.1, -0.05) is 0 Å². The SMILES string of the molecule is CC1C(C(=O)Nc2ccc(F)c(C#N)c2)CCN1C(=O)C=O. The molecule has 1 fully saturated rings. The third kappa shape index (κ3) is 2.96. The van der Waals surface area contributed by atoms with Gasteiger partial charge in [0.15, 0.2) is 0 Å². The van der Waals surface area contributed by atoms with Gasteiger partial charge in [-0.15, -0.1) is 0 Å². The highest BCUT2D eigenvalue weighted by Crippen LogP contribution is 2.25. The van der Waals surface area contributed by atoms with Gasteiger partial charge in [-0.25, -0.2) is 4.39 Å². The molecule has 7 heteroatoms. The number of rotatable bonds is 3. The molecular formula is C15H14FN3O3. The van der Waals surface area contributed by atoms with Crippen molar-refractivity contribution in [3.8, 4) is 6.07 Å². The predicted octanol–water partition coefficient (Wildman–Crippen LogP) is 1.07. The van der Waals surface area contributed by atoms with Crippen molar-refractivity contribution in [3.05, 3.63) is 29.6 Å². The van der Waals surface area contributed by atoms with Gasteiger partial charge in [0, 0.05) is 18.3 Å². The van der Waals surface area contributed by atoms with Crippen molar-refractivity contribution in [2.45, 2.75) is 19.4 Å². The molecule has 114 valence electrons. The fourth-order valence-electron chi connectivity index (χ4n) is 2.59. The summed E-state index contributed by atoms with van der Waals surface area (Å²) in [7, 11) is 0. The Hall–Kier alpha value is -2.75. The molecule has 1 aromatic rings. The van der Waals surface area contributed by atoms with Crippen molar-refractivity contribution in [1.29, 1.82) is 5.26 Å². The summed E-state index contributed by atoms with van der Waals surface area (Å²) in [5.74, 6) is -2.09. The van der Waals surface area contributed by atoms with Crippen molar-refractivity contribution in [2.75, 3.05) is 11.9 Å². The Labute approximate surface area is 126 Å². The fourth-order valence-corrected chi connectivity index (χ4v) is 2.59. The molecular weight excluding hydrogens is 289 g/mol. The van der Waals surface area contributed by atoms with Gasteiger partial charge < -0.3 is 10.2 Å². The minimum absolute atomic E-state index is 0.157. The van der Waals surface area contributed by atoms with Crippen LogP contribution in [0.5, 0.6) is 0 Å².